The summed E-state index contributed by atoms with van der Waals surface area (Å²) >= 11 is 0. The van der Waals surface area contributed by atoms with Crippen LogP contribution in [0.2, 0.25) is 0 Å². The Bertz CT molecular complexity index is 250. The molecule has 3 atom stereocenters. The molecule has 0 saturated heterocycles. The predicted octanol–water partition coefficient (Wildman–Crippen LogP) is 2.50. The molecular formula is C11H18O. The minimum absolute atomic E-state index is 0.0507. The molecule has 2 fully saturated rings. The van der Waals surface area contributed by atoms with Crippen molar-refractivity contribution in [2.75, 3.05) is 0 Å². The van der Waals surface area contributed by atoms with Gasteiger partial charge in [-0.05, 0) is 17.3 Å². The van der Waals surface area contributed by atoms with Crippen molar-refractivity contribution in [2.24, 2.45) is 28.6 Å². The van der Waals surface area contributed by atoms with E-state index in [1.165, 1.54) is 0 Å². The lowest BCUT2D eigenvalue weighted by Crippen LogP contribution is -2.31. The molecule has 0 spiro atoms. The molecule has 0 amide bonds. The molecule has 1 heteroatoms. The predicted molar refractivity (Wildman–Crippen MR) is 48.7 cm³/mol. The Morgan fingerprint density at radius 3 is 1.92 bits per heavy atom. The maximum Gasteiger partial charge on any atom is 0.142 e. The molecule has 68 valence electrons. The number of Topliss-reactive ketones (excluding diaryl/α,β-unsaturated/α-hetero) is 1. The van der Waals surface area contributed by atoms with Crippen LogP contribution in [0.5, 0.6) is 0 Å². The van der Waals surface area contributed by atoms with Crippen LogP contribution in [0, 0.1) is 28.6 Å². The van der Waals surface area contributed by atoms with Crippen LogP contribution in [0.25, 0.3) is 0 Å². The van der Waals surface area contributed by atoms with Gasteiger partial charge in [-0.1, -0.05) is 34.6 Å². The molecule has 2 rings (SSSR count). The molecule has 2 saturated carbocycles. The van der Waals surface area contributed by atoms with E-state index in [1.54, 1.807) is 0 Å². The second-order valence-corrected chi connectivity index (χ2v) is 5.70. The van der Waals surface area contributed by atoms with E-state index in [2.05, 4.69) is 34.6 Å². The number of hydrogen-bond donors (Lipinski definition) is 0. The zero-order valence-electron chi connectivity index (χ0n) is 8.64. The lowest BCUT2D eigenvalue weighted by molar-refractivity contribution is -0.129. The second kappa shape index (κ2) is 1.78. The van der Waals surface area contributed by atoms with Crippen molar-refractivity contribution in [2.45, 2.75) is 34.6 Å². The van der Waals surface area contributed by atoms with Gasteiger partial charge < -0.3 is 0 Å². The second-order valence-electron chi connectivity index (χ2n) is 5.70. The molecule has 2 aliphatic rings. The zero-order chi connectivity index (χ0) is 9.31. The highest BCUT2D eigenvalue weighted by Gasteiger charge is 2.72. The highest BCUT2D eigenvalue weighted by Crippen LogP contribution is 2.71. The first-order valence-electron chi connectivity index (χ1n) is 4.85. The van der Waals surface area contributed by atoms with Crippen molar-refractivity contribution in [1.82, 2.24) is 0 Å². The largest absolute Gasteiger partial charge is 0.299 e. The van der Waals surface area contributed by atoms with Crippen molar-refractivity contribution < 1.29 is 4.79 Å². The van der Waals surface area contributed by atoms with Crippen LogP contribution in [0.3, 0.4) is 0 Å². The molecule has 3 unspecified atom stereocenters. The fourth-order valence-corrected chi connectivity index (χ4v) is 3.19. The van der Waals surface area contributed by atoms with E-state index in [-0.39, 0.29) is 5.41 Å². The Balaban J connectivity index is 2.34. The van der Waals surface area contributed by atoms with E-state index in [4.69, 9.17) is 0 Å². The highest BCUT2D eigenvalue weighted by molar-refractivity contribution is 5.93. The van der Waals surface area contributed by atoms with Gasteiger partial charge in [-0.2, -0.15) is 0 Å². The van der Waals surface area contributed by atoms with Gasteiger partial charge in [0.2, 0.25) is 0 Å². The van der Waals surface area contributed by atoms with E-state index >= 15 is 0 Å². The zero-order valence-corrected chi connectivity index (χ0v) is 8.64. The smallest absolute Gasteiger partial charge is 0.142 e. The molecule has 2 aliphatic carbocycles. The summed E-state index contributed by atoms with van der Waals surface area (Å²) < 4.78 is 0. The summed E-state index contributed by atoms with van der Waals surface area (Å²) in [5.41, 5.74) is 0.261. The van der Waals surface area contributed by atoms with E-state index in [9.17, 15) is 4.79 Å². The summed E-state index contributed by atoms with van der Waals surface area (Å²) in [7, 11) is 0. The topological polar surface area (TPSA) is 17.1 Å². The lowest BCUT2D eigenvalue weighted by atomic mass is 9.74. The molecule has 12 heavy (non-hydrogen) atoms. The molecule has 0 bridgehead atoms. The van der Waals surface area contributed by atoms with Crippen LogP contribution in [0.1, 0.15) is 34.6 Å². The fraction of sp³-hybridized carbons (Fsp3) is 0.909. The normalized spacial score (nSPS) is 47.4. The van der Waals surface area contributed by atoms with Crippen molar-refractivity contribution in [1.29, 1.82) is 0 Å². The van der Waals surface area contributed by atoms with Gasteiger partial charge in [-0.3, -0.25) is 4.79 Å². The third-order valence-corrected chi connectivity index (χ3v) is 4.51. The first kappa shape index (κ1) is 8.28. The molecule has 0 aromatic rings. The minimum Gasteiger partial charge on any atom is -0.299 e. The van der Waals surface area contributed by atoms with E-state index in [0.29, 0.717) is 29.0 Å². The summed E-state index contributed by atoms with van der Waals surface area (Å²) in [6.45, 7) is 10.9. The van der Waals surface area contributed by atoms with E-state index in [1.807, 2.05) is 0 Å². The van der Waals surface area contributed by atoms with Crippen molar-refractivity contribution >= 4 is 5.78 Å². The van der Waals surface area contributed by atoms with Crippen LogP contribution < -0.4 is 0 Å². The van der Waals surface area contributed by atoms with Gasteiger partial charge in [0.05, 0.1) is 0 Å². The monoisotopic (exact) mass is 166 g/mol. The van der Waals surface area contributed by atoms with Crippen molar-refractivity contribution in [3.63, 3.8) is 0 Å². The molecule has 1 nitrogen and oxygen atoms in total. The van der Waals surface area contributed by atoms with Gasteiger partial charge >= 0.3 is 0 Å². The first-order valence-corrected chi connectivity index (χ1v) is 4.85. The number of hydrogen-bond acceptors (Lipinski definition) is 1. The third kappa shape index (κ3) is 0.641. The third-order valence-electron chi connectivity index (χ3n) is 4.51. The quantitative estimate of drug-likeness (QED) is 0.540. The van der Waals surface area contributed by atoms with Gasteiger partial charge in [-0.25, -0.2) is 0 Å². The summed E-state index contributed by atoms with van der Waals surface area (Å²) in [6.07, 6.45) is 0. The first-order chi connectivity index (χ1) is 5.31. The molecular weight excluding hydrogens is 148 g/mol. The average molecular weight is 166 g/mol. The molecule has 0 aromatic carbocycles. The molecule has 0 aliphatic heterocycles. The Hall–Kier alpha value is -0.330. The minimum atomic E-state index is -0.0507. The van der Waals surface area contributed by atoms with Gasteiger partial charge in [0.15, 0.2) is 0 Å². The average Bonchev–Trinajstić information content (AvgIpc) is 2.42. The number of carbonyl (C=O) groups is 1. The Morgan fingerprint density at radius 2 is 1.67 bits per heavy atom. The van der Waals surface area contributed by atoms with Crippen LogP contribution >= 0.6 is 0 Å². The lowest BCUT2D eigenvalue weighted by Gasteiger charge is -2.28. The number of fused-ring (bicyclic) bond motifs is 1. The number of rotatable bonds is 0. The van der Waals surface area contributed by atoms with Crippen LogP contribution in [0.4, 0.5) is 0 Å². The van der Waals surface area contributed by atoms with Crippen LogP contribution in [-0.4, -0.2) is 5.78 Å². The standard InChI is InChI=1S/C11H18O/c1-6-7-8(11(7,4)5)9(12)10(6,2)3/h6-8H,1-5H3. The number of carbonyl (C=O) groups excluding carboxylic acids is 1. The Kier molecular flexibility index (Phi) is 1.23. The highest BCUT2D eigenvalue weighted by atomic mass is 16.1. The summed E-state index contributed by atoms with van der Waals surface area (Å²) in [5.74, 6) is 2.12. The molecule has 0 aromatic heterocycles. The van der Waals surface area contributed by atoms with Gasteiger partial charge in [0.25, 0.3) is 0 Å². The Labute approximate surface area is 74.5 Å². The maximum atomic E-state index is 11.9. The summed E-state index contributed by atoms with van der Waals surface area (Å²) in [6, 6.07) is 0. The Morgan fingerprint density at radius 1 is 1.17 bits per heavy atom. The maximum absolute atomic E-state index is 11.9. The molecule has 0 N–H and O–H groups in total. The molecule has 0 heterocycles. The van der Waals surface area contributed by atoms with Gasteiger partial charge in [0, 0.05) is 11.3 Å². The summed E-state index contributed by atoms with van der Waals surface area (Å²) in [5, 5.41) is 0. The summed E-state index contributed by atoms with van der Waals surface area (Å²) in [4.78, 5) is 11.9. The van der Waals surface area contributed by atoms with E-state index < -0.39 is 0 Å². The number of ketones is 1. The van der Waals surface area contributed by atoms with Gasteiger partial charge in [0.1, 0.15) is 5.78 Å². The molecule has 0 radical (unpaired) electrons. The van der Waals surface area contributed by atoms with Crippen LogP contribution in [0.15, 0.2) is 0 Å². The fourth-order valence-electron chi connectivity index (χ4n) is 3.19. The van der Waals surface area contributed by atoms with Crippen molar-refractivity contribution in [3.8, 4) is 0 Å². The van der Waals surface area contributed by atoms with Crippen molar-refractivity contribution in [3.05, 3.63) is 0 Å². The SMILES string of the molecule is CC1C2C(C(=O)C1(C)C)C2(C)C. The van der Waals surface area contributed by atoms with Crippen LogP contribution in [-0.2, 0) is 4.79 Å². The van der Waals surface area contributed by atoms with Gasteiger partial charge in [-0.15, -0.1) is 0 Å². The van der Waals surface area contributed by atoms with E-state index in [0.717, 1.165) is 0 Å².